The van der Waals surface area contributed by atoms with E-state index >= 15 is 0 Å². The van der Waals surface area contributed by atoms with Gasteiger partial charge in [-0.05, 0) is 30.3 Å². The first-order valence-electron chi connectivity index (χ1n) is 8.07. The number of likely N-dealkylation sites (N-methyl/N-ethyl adjacent to an activating group) is 1. The topological polar surface area (TPSA) is 48.0 Å². The normalized spacial score (nSPS) is 10.6. The Morgan fingerprint density at radius 2 is 1.88 bits per heavy atom. The number of hydrogen-bond donors (Lipinski definition) is 0. The third-order valence-corrected chi connectivity index (χ3v) is 4.06. The molecule has 2 aromatic carbocycles. The zero-order valence-corrected chi connectivity index (χ0v) is 15.8. The van der Waals surface area contributed by atoms with Crippen LogP contribution in [0.15, 0.2) is 48.5 Å². The van der Waals surface area contributed by atoms with Gasteiger partial charge >= 0.3 is 0 Å². The first kappa shape index (κ1) is 19.7. The molecule has 0 unspecified atom stereocenters. The molecule has 0 spiro atoms. The number of benzene rings is 2. The molecule has 0 aliphatic heterocycles. The second kappa shape index (κ2) is 9.73. The Balaban J connectivity index is 1.90. The summed E-state index contributed by atoms with van der Waals surface area (Å²) in [6.45, 7) is 0.791. The van der Waals surface area contributed by atoms with E-state index in [4.69, 9.17) is 25.8 Å². The monoisotopic (exact) mass is 375 g/mol. The number of carbonyl (C=O) groups excluding carboxylic acids is 1. The first-order valence-corrected chi connectivity index (χ1v) is 8.45. The van der Waals surface area contributed by atoms with Crippen LogP contribution in [0, 0.1) is 0 Å². The molecule has 0 N–H and O–H groups in total. The van der Waals surface area contributed by atoms with E-state index in [-0.39, 0.29) is 5.91 Å². The SMILES string of the molecule is COc1ccc(/C=C/C(=O)N(C)CCOc2ccccc2Cl)c(OC)c1. The van der Waals surface area contributed by atoms with Crippen molar-refractivity contribution in [3.8, 4) is 17.2 Å². The first-order chi connectivity index (χ1) is 12.5. The molecular weight excluding hydrogens is 354 g/mol. The molecule has 1 amide bonds. The minimum absolute atomic E-state index is 0.134. The van der Waals surface area contributed by atoms with E-state index in [1.54, 1.807) is 50.4 Å². The molecule has 0 radical (unpaired) electrons. The quantitative estimate of drug-likeness (QED) is 0.656. The zero-order chi connectivity index (χ0) is 18.9. The van der Waals surface area contributed by atoms with Gasteiger partial charge < -0.3 is 19.1 Å². The number of nitrogens with zero attached hydrogens (tertiary/aromatic N) is 1. The Morgan fingerprint density at radius 1 is 1.12 bits per heavy atom. The maximum Gasteiger partial charge on any atom is 0.246 e. The van der Waals surface area contributed by atoms with E-state index in [1.165, 1.54) is 6.08 Å². The summed E-state index contributed by atoms with van der Waals surface area (Å²) in [5.74, 6) is 1.80. The predicted octanol–water partition coefficient (Wildman–Crippen LogP) is 3.91. The Kier molecular flexibility index (Phi) is 7.36. The molecule has 0 saturated heterocycles. The summed E-state index contributed by atoms with van der Waals surface area (Å²) in [4.78, 5) is 13.8. The lowest BCUT2D eigenvalue weighted by atomic mass is 10.1. The number of halogens is 1. The van der Waals surface area contributed by atoms with Gasteiger partial charge in [0, 0.05) is 24.8 Å². The maximum absolute atomic E-state index is 12.2. The minimum Gasteiger partial charge on any atom is -0.497 e. The van der Waals surface area contributed by atoms with Crippen molar-refractivity contribution in [1.29, 1.82) is 0 Å². The van der Waals surface area contributed by atoms with Crippen molar-refractivity contribution in [3.63, 3.8) is 0 Å². The van der Waals surface area contributed by atoms with Crippen molar-refractivity contribution >= 4 is 23.6 Å². The number of methoxy groups -OCH3 is 2. The minimum atomic E-state index is -0.134. The standard InChI is InChI=1S/C20H22ClNO4/c1-22(12-13-26-18-7-5-4-6-17(18)21)20(23)11-9-15-8-10-16(24-2)14-19(15)25-3/h4-11,14H,12-13H2,1-3H3/b11-9+. The Bertz CT molecular complexity index is 776. The average Bonchev–Trinajstić information content (AvgIpc) is 2.67. The number of amides is 1. The molecule has 0 aromatic heterocycles. The number of hydrogen-bond acceptors (Lipinski definition) is 4. The van der Waals surface area contributed by atoms with Crippen molar-refractivity contribution in [1.82, 2.24) is 4.90 Å². The van der Waals surface area contributed by atoms with Gasteiger partial charge in [0.05, 0.1) is 25.8 Å². The molecule has 0 aliphatic rings. The largest absolute Gasteiger partial charge is 0.497 e. The molecule has 0 fully saturated rings. The summed E-state index contributed by atoms with van der Waals surface area (Å²) in [5.41, 5.74) is 0.794. The van der Waals surface area contributed by atoms with E-state index in [9.17, 15) is 4.79 Å². The summed E-state index contributed by atoms with van der Waals surface area (Å²) in [7, 11) is 4.88. The van der Waals surface area contributed by atoms with Gasteiger partial charge in [0.25, 0.3) is 0 Å². The molecule has 138 valence electrons. The lowest BCUT2D eigenvalue weighted by molar-refractivity contribution is -0.125. The molecule has 26 heavy (non-hydrogen) atoms. The highest BCUT2D eigenvalue weighted by atomic mass is 35.5. The molecule has 2 rings (SSSR count). The lowest BCUT2D eigenvalue weighted by Crippen LogP contribution is -2.29. The fraction of sp³-hybridized carbons (Fsp3) is 0.250. The highest BCUT2D eigenvalue weighted by molar-refractivity contribution is 6.32. The fourth-order valence-electron chi connectivity index (χ4n) is 2.21. The highest BCUT2D eigenvalue weighted by Gasteiger charge is 2.07. The summed E-state index contributed by atoms with van der Waals surface area (Å²) < 4.78 is 16.1. The van der Waals surface area contributed by atoms with E-state index in [0.717, 1.165) is 5.56 Å². The number of carbonyl (C=O) groups is 1. The van der Waals surface area contributed by atoms with Crippen LogP contribution in [0.1, 0.15) is 5.56 Å². The average molecular weight is 376 g/mol. The van der Waals surface area contributed by atoms with Crippen LogP contribution in [0.3, 0.4) is 0 Å². The molecule has 0 saturated carbocycles. The van der Waals surface area contributed by atoms with Crippen LogP contribution in [0.4, 0.5) is 0 Å². The smallest absolute Gasteiger partial charge is 0.246 e. The second-order valence-corrected chi connectivity index (χ2v) is 5.89. The van der Waals surface area contributed by atoms with Gasteiger partial charge in [0.2, 0.25) is 5.91 Å². The third-order valence-electron chi connectivity index (χ3n) is 3.74. The van der Waals surface area contributed by atoms with E-state index in [1.807, 2.05) is 24.3 Å². The van der Waals surface area contributed by atoms with Gasteiger partial charge in [-0.2, -0.15) is 0 Å². The number of para-hydroxylation sites is 1. The fourth-order valence-corrected chi connectivity index (χ4v) is 2.40. The Labute approximate surface area is 158 Å². The van der Waals surface area contributed by atoms with Crippen LogP contribution in [-0.2, 0) is 4.79 Å². The van der Waals surface area contributed by atoms with Gasteiger partial charge in [0.1, 0.15) is 23.9 Å². The maximum atomic E-state index is 12.2. The third kappa shape index (κ3) is 5.43. The van der Waals surface area contributed by atoms with Crippen LogP contribution >= 0.6 is 11.6 Å². The van der Waals surface area contributed by atoms with Gasteiger partial charge in [0.15, 0.2) is 0 Å². The van der Waals surface area contributed by atoms with Gasteiger partial charge in [-0.25, -0.2) is 0 Å². The molecule has 0 heterocycles. The summed E-state index contributed by atoms with van der Waals surface area (Å²) in [6, 6.07) is 12.7. The Morgan fingerprint density at radius 3 is 2.58 bits per heavy atom. The molecule has 0 atom stereocenters. The van der Waals surface area contributed by atoms with Crippen molar-refractivity contribution in [2.45, 2.75) is 0 Å². The van der Waals surface area contributed by atoms with Crippen LogP contribution in [0.25, 0.3) is 6.08 Å². The summed E-state index contributed by atoms with van der Waals surface area (Å²) in [5, 5.41) is 0.549. The number of rotatable bonds is 8. The van der Waals surface area contributed by atoms with Gasteiger partial charge in [-0.3, -0.25) is 4.79 Å². The highest BCUT2D eigenvalue weighted by Crippen LogP contribution is 2.25. The van der Waals surface area contributed by atoms with E-state index in [0.29, 0.717) is 35.4 Å². The van der Waals surface area contributed by atoms with Gasteiger partial charge in [-0.15, -0.1) is 0 Å². The zero-order valence-electron chi connectivity index (χ0n) is 15.1. The molecular formula is C20H22ClNO4. The summed E-state index contributed by atoms with van der Waals surface area (Å²) in [6.07, 6.45) is 3.21. The van der Waals surface area contributed by atoms with Crippen LogP contribution in [-0.4, -0.2) is 45.2 Å². The van der Waals surface area contributed by atoms with Crippen molar-refractivity contribution in [3.05, 3.63) is 59.1 Å². The lowest BCUT2D eigenvalue weighted by Gasteiger charge is -2.16. The van der Waals surface area contributed by atoms with Crippen molar-refractivity contribution in [2.24, 2.45) is 0 Å². The van der Waals surface area contributed by atoms with Crippen LogP contribution < -0.4 is 14.2 Å². The summed E-state index contributed by atoms with van der Waals surface area (Å²) >= 11 is 6.03. The van der Waals surface area contributed by atoms with Crippen LogP contribution in [0.2, 0.25) is 5.02 Å². The molecule has 5 nitrogen and oxygen atoms in total. The van der Waals surface area contributed by atoms with Crippen molar-refractivity contribution < 1.29 is 19.0 Å². The molecule has 6 heteroatoms. The van der Waals surface area contributed by atoms with E-state index in [2.05, 4.69) is 0 Å². The molecule has 0 bridgehead atoms. The predicted molar refractivity (Wildman–Crippen MR) is 103 cm³/mol. The van der Waals surface area contributed by atoms with E-state index < -0.39 is 0 Å². The molecule has 2 aromatic rings. The second-order valence-electron chi connectivity index (χ2n) is 5.48. The number of ether oxygens (including phenoxy) is 3. The Hall–Kier alpha value is -2.66. The molecule has 0 aliphatic carbocycles. The van der Waals surface area contributed by atoms with Crippen molar-refractivity contribution in [2.75, 3.05) is 34.4 Å². The van der Waals surface area contributed by atoms with Gasteiger partial charge in [-0.1, -0.05) is 23.7 Å². The van der Waals surface area contributed by atoms with Crippen LogP contribution in [0.5, 0.6) is 17.2 Å².